The van der Waals surface area contributed by atoms with Crippen molar-refractivity contribution >= 4 is 17.9 Å². The van der Waals surface area contributed by atoms with Gasteiger partial charge in [-0.3, -0.25) is 14.4 Å². The van der Waals surface area contributed by atoms with Crippen molar-refractivity contribution in [2.75, 3.05) is 13.2 Å². The quantitative estimate of drug-likeness (QED) is 0.0263. The van der Waals surface area contributed by atoms with E-state index in [0.29, 0.717) is 19.3 Å². The standard InChI is InChI=1S/C54H92O6/c1-4-7-10-13-16-19-21-23-25-26-27-28-29-31-32-35-38-41-44-47-53(56)59-50-51(49-58-52(55)46-43-40-37-34-18-15-12-9-6-3)60-54(57)48-45-42-39-36-33-30-24-22-20-17-14-11-8-5-2/h7,10,16,19,23,25,27-28,30-33,51H,4-6,8-9,11-15,17-18,20-22,24,26,29,34-50H2,1-3H3/b10-7-,19-16-,25-23-,28-27-,32-31-,33-30-. The maximum atomic E-state index is 12.7. The van der Waals surface area contributed by atoms with Crippen LogP contribution in [-0.2, 0) is 28.6 Å². The van der Waals surface area contributed by atoms with E-state index < -0.39 is 6.10 Å². The Labute approximate surface area is 370 Å². The number of unbranched alkanes of at least 4 members (excludes halogenated alkanes) is 21. The molecular weight excluding hydrogens is 745 g/mol. The van der Waals surface area contributed by atoms with E-state index in [4.69, 9.17) is 14.2 Å². The monoisotopic (exact) mass is 837 g/mol. The second-order valence-electron chi connectivity index (χ2n) is 16.3. The molecule has 0 amide bonds. The van der Waals surface area contributed by atoms with Gasteiger partial charge in [0.1, 0.15) is 13.2 Å². The molecule has 60 heavy (non-hydrogen) atoms. The van der Waals surface area contributed by atoms with Gasteiger partial charge in [0, 0.05) is 19.3 Å². The predicted molar refractivity (Wildman–Crippen MR) is 256 cm³/mol. The Kier molecular flexibility index (Phi) is 46.0. The van der Waals surface area contributed by atoms with Gasteiger partial charge in [0.2, 0.25) is 0 Å². The van der Waals surface area contributed by atoms with Gasteiger partial charge in [0.15, 0.2) is 6.10 Å². The summed E-state index contributed by atoms with van der Waals surface area (Å²) >= 11 is 0. The van der Waals surface area contributed by atoms with E-state index in [1.807, 2.05) is 0 Å². The predicted octanol–water partition coefficient (Wildman–Crippen LogP) is 16.3. The summed E-state index contributed by atoms with van der Waals surface area (Å²) in [4.78, 5) is 37.8. The van der Waals surface area contributed by atoms with Crippen LogP contribution >= 0.6 is 0 Å². The summed E-state index contributed by atoms with van der Waals surface area (Å²) < 4.78 is 16.7. The number of rotatable bonds is 44. The average Bonchev–Trinajstić information content (AvgIpc) is 3.24. The van der Waals surface area contributed by atoms with Crippen LogP contribution in [-0.4, -0.2) is 37.2 Å². The van der Waals surface area contributed by atoms with Crippen molar-refractivity contribution in [3.8, 4) is 0 Å². The van der Waals surface area contributed by atoms with Crippen molar-refractivity contribution in [1.29, 1.82) is 0 Å². The Morgan fingerprint density at radius 3 is 1.05 bits per heavy atom. The lowest BCUT2D eigenvalue weighted by Crippen LogP contribution is -2.30. The molecule has 0 fully saturated rings. The molecule has 0 aromatic rings. The third-order valence-corrected chi connectivity index (χ3v) is 10.4. The van der Waals surface area contributed by atoms with Crippen LogP contribution in [0.25, 0.3) is 0 Å². The average molecular weight is 837 g/mol. The molecule has 0 N–H and O–H groups in total. The van der Waals surface area contributed by atoms with Crippen LogP contribution in [0, 0.1) is 0 Å². The van der Waals surface area contributed by atoms with Crippen molar-refractivity contribution < 1.29 is 28.6 Å². The molecule has 0 aromatic carbocycles. The van der Waals surface area contributed by atoms with Gasteiger partial charge in [-0.1, -0.05) is 196 Å². The highest BCUT2D eigenvalue weighted by atomic mass is 16.6. The molecule has 0 aromatic heterocycles. The molecule has 1 unspecified atom stereocenters. The van der Waals surface area contributed by atoms with E-state index in [1.54, 1.807) is 0 Å². The second-order valence-corrected chi connectivity index (χ2v) is 16.3. The first-order valence-corrected chi connectivity index (χ1v) is 24.9. The third kappa shape index (κ3) is 45.9. The Balaban J connectivity index is 4.41. The SMILES string of the molecule is CC/C=C\C/C=C\C/C=C\C/C=C\C/C=C\CCCCCC(=O)OCC(COC(=O)CCCCCCCCCCC)OC(=O)CCCCC/C=C\CCCCCCCCC. The zero-order valence-electron chi connectivity index (χ0n) is 39.2. The number of esters is 3. The highest BCUT2D eigenvalue weighted by Crippen LogP contribution is 2.13. The van der Waals surface area contributed by atoms with E-state index in [2.05, 4.69) is 93.7 Å². The molecule has 6 nitrogen and oxygen atoms in total. The number of allylic oxidation sites excluding steroid dienone is 12. The molecular formula is C54H92O6. The maximum Gasteiger partial charge on any atom is 0.306 e. The first kappa shape index (κ1) is 56.9. The Morgan fingerprint density at radius 2 is 0.650 bits per heavy atom. The fraction of sp³-hybridized carbons (Fsp3) is 0.722. The van der Waals surface area contributed by atoms with E-state index >= 15 is 0 Å². The first-order valence-electron chi connectivity index (χ1n) is 24.9. The van der Waals surface area contributed by atoms with E-state index in [0.717, 1.165) is 109 Å². The second kappa shape index (κ2) is 48.5. The molecule has 0 heterocycles. The molecule has 1 atom stereocenters. The smallest absolute Gasteiger partial charge is 0.306 e. The van der Waals surface area contributed by atoms with E-state index in [1.165, 1.54) is 83.5 Å². The molecule has 6 heteroatoms. The summed E-state index contributed by atoms with van der Waals surface area (Å²) in [5.41, 5.74) is 0. The number of carbonyl (C=O) groups is 3. The van der Waals surface area contributed by atoms with Crippen molar-refractivity contribution in [3.05, 3.63) is 72.9 Å². The van der Waals surface area contributed by atoms with Gasteiger partial charge in [0.05, 0.1) is 0 Å². The Morgan fingerprint density at radius 1 is 0.350 bits per heavy atom. The van der Waals surface area contributed by atoms with Gasteiger partial charge in [-0.25, -0.2) is 0 Å². The lowest BCUT2D eigenvalue weighted by molar-refractivity contribution is -0.167. The summed E-state index contributed by atoms with van der Waals surface area (Å²) in [6.07, 6.45) is 60.3. The minimum atomic E-state index is -0.793. The zero-order valence-corrected chi connectivity index (χ0v) is 39.2. The molecule has 0 rings (SSSR count). The van der Waals surface area contributed by atoms with Crippen molar-refractivity contribution in [3.63, 3.8) is 0 Å². The van der Waals surface area contributed by atoms with Gasteiger partial charge < -0.3 is 14.2 Å². The largest absolute Gasteiger partial charge is 0.462 e. The summed E-state index contributed by atoms with van der Waals surface area (Å²) in [6.45, 7) is 6.45. The molecule has 0 aliphatic rings. The number of hydrogen-bond donors (Lipinski definition) is 0. The van der Waals surface area contributed by atoms with Gasteiger partial charge in [-0.2, -0.15) is 0 Å². The number of carbonyl (C=O) groups excluding carboxylic acids is 3. The Bertz CT molecular complexity index is 1140. The lowest BCUT2D eigenvalue weighted by Gasteiger charge is -2.18. The minimum absolute atomic E-state index is 0.0912. The van der Waals surface area contributed by atoms with Crippen LogP contribution in [0.4, 0.5) is 0 Å². The normalized spacial score (nSPS) is 12.7. The molecule has 0 saturated carbocycles. The first-order chi connectivity index (χ1) is 29.5. The van der Waals surface area contributed by atoms with Crippen LogP contribution in [0.5, 0.6) is 0 Å². The van der Waals surface area contributed by atoms with Crippen LogP contribution in [0.3, 0.4) is 0 Å². The van der Waals surface area contributed by atoms with Gasteiger partial charge >= 0.3 is 17.9 Å². The highest BCUT2D eigenvalue weighted by Gasteiger charge is 2.19. The summed E-state index contributed by atoms with van der Waals surface area (Å²) in [7, 11) is 0. The maximum absolute atomic E-state index is 12.7. The molecule has 0 spiro atoms. The van der Waals surface area contributed by atoms with Crippen LogP contribution < -0.4 is 0 Å². The summed E-state index contributed by atoms with van der Waals surface area (Å²) in [5.74, 6) is -0.944. The molecule has 0 aliphatic heterocycles. The third-order valence-electron chi connectivity index (χ3n) is 10.4. The van der Waals surface area contributed by atoms with Crippen LogP contribution in [0.2, 0.25) is 0 Å². The Hall–Kier alpha value is -3.15. The molecule has 0 aliphatic carbocycles. The fourth-order valence-corrected chi connectivity index (χ4v) is 6.70. The zero-order chi connectivity index (χ0) is 43.7. The van der Waals surface area contributed by atoms with Crippen molar-refractivity contribution in [1.82, 2.24) is 0 Å². The minimum Gasteiger partial charge on any atom is -0.462 e. The summed E-state index contributed by atoms with van der Waals surface area (Å²) in [6, 6.07) is 0. The fourth-order valence-electron chi connectivity index (χ4n) is 6.70. The highest BCUT2D eigenvalue weighted by molar-refractivity contribution is 5.71. The van der Waals surface area contributed by atoms with E-state index in [-0.39, 0.29) is 31.1 Å². The number of hydrogen-bond acceptors (Lipinski definition) is 6. The number of ether oxygens (including phenoxy) is 3. The molecule has 344 valence electrons. The molecule has 0 radical (unpaired) electrons. The van der Waals surface area contributed by atoms with Crippen molar-refractivity contribution in [2.45, 2.75) is 239 Å². The van der Waals surface area contributed by atoms with Crippen molar-refractivity contribution in [2.24, 2.45) is 0 Å². The lowest BCUT2D eigenvalue weighted by atomic mass is 10.1. The summed E-state index contributed by atoms with van der Waals surface area (Å²) in [5, 5.41) is 0. The van der Waals surface area contributed by atoms with Crippen LogP contribution in [0.15, 0.2) is 72.9 Å². The topological polar surface area (TPSA) is 78.9 Å². The van der Waals surface area contributed by atoms with Gasteiger partial charge in [-0.15, -0.1) is 0 Å². The van der Waals surface area contributed by atoms with E-state index in [9.17, 15) is 14.4 Å². The van der Waals surface area contributed by atoms with Gasteiger partial charge in [-0.05, 0) is 89.9 Å². The molecule has 0 bridgehead atoms. The molecule has 0 saturated heterocycles. The van der Waals surface area contributed by atoms with Gasteiger partial charge in [0.25, 0.3) is 0 Å². The van der Waals surface area contributed by atoms with Crippen LogP contribution in [0.1, 0.15) is 233 Å².